The van der Waals surface area contributed by atoms with Gasteiger partial charge in [0.2, 0.25) is 0 Å². The van der Waals surface area contributed by atoms with Gasteiger partial charge in [-0.1, -0.05) is 26.7 Å². The summed E-state index contributed by atoms with van der Waals surface area (Å²) >= 11 is 3.62. The second kappa shape index (κ2) is 6.38. The molecule has 0 heterocycles. The van der Waals surface area contributed by atoms with Crippen LogP contribution in [0.15, 0.2) is 16.6 Å². The highest BCUT2D eigenvalue weighted by molar-refractivity contribution is 9.10. The number of nitrogens with one attached hydrogen (secondary N) is 1. The van der Waals surface area contributed by atoms with E-state index in [0.29, 0.717) is 5.41 Å². The van der Waals surface area contributed by atoms with E-state index in [1.807, 2.05) is 6.07 Å². The van der Waals surface area contributed by atoms with Crippen molar-refractivity contribution >= 4 is 27.3 Å². The minimum Gasteiger partial charge on any atom is -0.398 e. The van der Waals surface area contributed by atoms with Gasteiger partial charge in [-0.05, 0) is 71.1 Å². The highest BCUT2D eigenvalue weighted by Gasteiger charge is 2.34. The van der Waals surface area contributed by atoms with Gasteiger partial charge < -0.3 is 11.1 Å². The molecule has 0 aliphatic heterocycles. The van der Waals surface area contributed by atoms with Crippen LogP contribution in [0.1, 0.15) is 51.5 Å². The van der Waals surface area contributed by atoms with Gasteiger partial charge in [0.25, 0.3) is 0 Å². The van der Waals surface area contributed by atoms with Gasteiger partial charge in [0, 0.05) is 22.4 Å². The normalized spacial score (nSPS) is 17.6. The first-order valence-corrected chi connectivity index (χ1v) is 8.51. The van der Waals surface area contributed by atoms with Crippen LogP contribution in [-0.2, 0) is 0 Å². The molecular formula is C17H27BrN2. The lowest BCUT2D eigenvalue weighted by atomic mass is 9.78. The predicted octanol–water partition coefficient (Wildman–Crippen LogP) is 5.36. The molecule has 1 aromatic carbocycles. The summed E-state index contributed by atoms with van der Waals surface area (Å²) in [4.78, 5) is 0. The molecular weight excluding hydrogens is 312 g/mol. The van der Waals surface area contributed by atoms with Crippen LogP contribution in [0.4, 0.5) is 11.4 Å². The molecule has 2 rings (SSSR count). The third kappa shape index (κ3) is 3.69. The maximum absolute atomic E-state index is 5.94. The van der Waals surface area contributed by atoms with Gasteiger partial charge in [0.1, 0.15) is 0 Å². The Kier molecular flexibility index (Phi) is 5.00. The zero-order valence-corrected chi connectivity index (χ0v) is 14.5. The van der Waals surface area contributed by atoms with Crippen LogP contribution in [0.5, 0.6) is 0 Å². The van der Waals surface area contributed by atoms with Gasteiger partial charge in [-0.2, -0.15) is 0 Å². The number of aryl methyl sites for hydroxylation is 1. The number of rotatable bonds is 5. The van der Waals surface area contributed by atoms with Crippen LogP contribution in [-0.4, -0.2) is 6.54 Å². The molecule has 0 unspecified atom stereocenters. The summed E-state index contributed by atoms with van der Waals surface area (Å²) in [6.45, 7) is 7.81. The molecule has 1 aliphatic carbocycles. The summed E-state index contributed by atoms with van der Waals surface area (Å²) in [6, 6.07) is 4.15. The minimum atomic E-state index is 0.489. The van der Waals surface area contributed by atoms with Crippen molar-refractivity contribution in [2.24, 2.45) is 11.3 Å². The monoisotopic (exact) mass is 338 g/mol. The third-order valence-corrected chi connectivity index (χ3v) is 5.17. The van der Waals surface area contributed by atoms with E-state index in [1.54, 1.807) is 0 Å². The van der Waals surface area contributed by atoms with Crippen molar-refractivity contribution in [3.8, 4) is 0 Å². The molecule has 3 heteroatoms. The van der Waals surface area contributed by atoms with Gasteiger partial charge in [-0.25, -0.2) is 0 Å². The van der Waals surface area contributed by atoms with E-state index in [0.717, 1.165) is 28.2 Å². The zero-order chi connectivity index (χ0) is 14.8. The number of halogens is 1. The number of nitrogens with two attached hydrogens (primary N) is 1. The molecule has 0 atom stereocenters. The van der Waals surface area contributed by atoms with Crippen molar-refractivity contribution in [1.82, 2.24) is 0 Å². The third-order valence-electron chi connectivity index (χ3n) is 4.52. The standard InChI is InChI=1S/C17H27BrN2/c1-12(2)10-17(6-4-5-7-17)11-20-16-8-13(3)15(19)9-14(16)18/h8-9,12,20H,4-7,10-11,19H2,1-3H3. The average molecular weight is 339 g/mol. The number of hydrogen-bond donors (Lipinski definition) is 2. The van der Waals surface area contributed by atoms with E-state index in [2.05, 4.69) is 48.1 Å². The van der Waals surface area contributed by atoms with Crippen molar-refractivity contribution in [2.45, 2.75) is 52.9 Å². The van der Waals surface area contributed by atoms with E-state index >= 15 is 0 Å². The largest absolute Gasteiger partial charge is 0.398 e. The fraction of sp³-hybridized carbons (Fsp3) is 0.647. The Bertz CT molecular complexity index is 462. The van der Waals surface area contributed by atoms with Crippen molar-refractivity contribution in [3.05, 3.63) is 22.2 Å². The fourth-order valence-electron chi connectivity index (χ4n) is 3.56. The molecule has 3 N–H and O–H groups in total. The lowest BCUT2D eigenvalue weighted by Crippen LogP contribution is -2.28. The van der Waals surface area contributed by atoms with Crippen molar-refractivity contribution in [2.75, 3.05) is 17.6 Å². The highest BCUT2D eigenvalue weighted by Crippen LogP contribution is 2.43. The molecule has 1 saturated carbocycles. The first-order chi connectivity index (χ1) is 9.42. The topological polar surface area (TPSA) is 38.0 Å². The lowest BCUT2D eigenvalue weighted by Gasteiger charge is -2.32. The molecule has 0 aromatic heterocycles. The van der Waals surface area contributed by atoms with E-state index in [9.17, 15) is 0 Å². The fourth-order valence-corrected chi connectivity index (χ4v) is 4.06. The number of benzene rings is 1. The van der Waals surface area contributed by atoms with Crippen LogP contribution >= 0.6 is 15.9 Å². The van der Waals surface area contributed by atoms with Crippen LogP contribution in [0.2, 0.25) is 0 Å². The first-order valence-electron chi connectivity index (χ1n) is 7.71. The number of hydrogen-bond acceptors (Lipinski definition) is 2. The summed E-state index contributed by atoms with van der Waals surface area (Å²) < 4.78 is 1.07. The summed E-state index contributed by atoms with van der Waals surface area (Å²) in [5.41, 5.74) is 9.59. The minimum absolute atomic E-state index is 0.489. The second-order valence-corrected chi connectivity index (χ2v) is 7.70. The Morgan fingerprint density at radius 2 is 1.95 bits per heavy atom. The van der Waals surface area contributed by atoms with Gasteiger partial charge in [0.15, 0.2) is 0 Å². The Hall–Kier alpha value is -0.700. The van der Waals surface area contributed by atoms with Crippen molar-refractivity contribution in [3.63, 3.8) is 0 Å². The Morgan fingerprint density at radius 3 is 2.55 bits per heavy atom. The molecule has 1 aromatic rings. The Labute approximate surface area is 131 Å². The lowest BCUT2D eigenvalue weighted by molar-refractivity contribution is 0.252. The van der Waals surface area contributed by atoms with E-state index in [1.165, 1.54) is 37.8 Å². The second-order valence-electron chi connectivity index (χ2n) is 6.85. The van der Waals surface area contributed by atoms with E-state index in [4.69, 9.17) is 5.73 Å². The van der Waals surface area contributed by atoms with Crippen LogP contribution in [0.25, 0.3) is 0 Å². The quantitative estimate of drug-likeness (QED) is 0.709. The molecule has 2 nitrogen and oxygen atoms in total. The summed E-state index contributed by atoms with van der Waals surface area (Å²) in [5.74, 6) is 0.770. The van der Waals surface area contributed by atoms with Gasteiger partial charge in [0.05, 0.1) is 0 Å². The van der Waals surface area contributed by atoms with Crippen molar-refractivity contribution < 1.29 is 0 Å². The smallest absolute Gasteiger partial charge is 0.0489 e. The predicted molar refractivity (Wildman–Crippen MR) is 92.1 cm³/mol. The van der Waals surface area contributed by atoms with E-state index < -0.39 is 0 Å². The average Bonchev–Trinajstić information content (AvgIpc) is 2.80. The Balaban J connectivity index is 2.08. The van der Waals surface area contributed by atoms with Gasteiger partial charge >= 0.3 is 0 Å². The van der Waals surface area contributed by atoms with Gasteiger partial charge in [-0.3, -0.25) is 0 Å². The Morgan fingerprint density at radius 1 is 1.30 bits per heavy atom. The van der Waals surface area contributed by atoms with Gasteiger partial charge in [-0.15, -0.1) is 0 Å². The summed E-state index contributed by atoms with van der Waals surface area (Å²) in [6.07, 6.45) is 6.83. The SMILES string of the molecule is Cc1cc(NCC2(CC(C)C)CCCC2)c(Br)cc1N. The zero-order valence-electron chi connectivity index (χ0n) is 12.9. The number of nitrogen functional groups attached to an aromatic ring is 1. The first kappa shape index (κ1) is 15.7. The van der Waals surface area contributed by atoms with Crippen molar-refractivity contribution in [1.29, 1.82) is 0 Å². The molecule has 0 amide bonds. The molecule has 0 bridgehead atoms. The summed E-state index contributed by atoms with van der Waals surface area (Å²) in [7, 11) is 0. The van der Waals surface area contributed by atoms with E-state index in [-0.39, 0.29) is 0 Å². The molecule has 0 spiro atoms. The molecule has 1 fully saturated rings. The summed E-state index contributed by atoms with van der Waals surface area (Å²) in [5, 5.41) is 3.67. The maximum atomic E-state index is 5.94. The molecule has 0 radical (unpaired) electrons. The maximum Gasteiger partial charge on any atom is 0.0489 e. The molecule has 112 valence electrons. The number of anilines is 2. The highest BCUT2D eigenvalue weighted by atomic mass is 79.9. The van der Waals surface area contributed by atoms with Crippen LogP contribution in [0, 0.1) is 18.3 Å². The molecule has 1 aliphatic rings. The van der Waals surface area contributed by atoms with Crippen LogP contribution in [0.3, 0.4) is 0 Å². The molecule has 0 saturated heterocycles. The molecule has 20 heavy (non-hydrogen) atoms. The van der Waals surface area contributed by atoms with Crippen LogP contribution < -0.4 is 11.1 Å².